The highest BCUT2D eigenvalue weighted by Gasteiger charge is 2.66. The standard InChI is InChI=1S/C22H25NO4/c1-26-17-8-5-13-11-15-14-6-7-16(24)20-22(14,18(13)19(17)27-20)9-10-23(15)21(25)12-3-2-4-12/h5,8,12,14-15,20H,2-4,6-7,9-11H2,1H3/t14-,15?,20?,22-/m1/s1. The number of rotatable bonds is 2. The summed E-state index contributed by atoms with van der Waals surface area (Å²) in [5.74, 6) is 2.64. The number of carbonyl (C=O) groups excluding carboxylic acids is 2. The van der Waals surface area contributed by atoms with Crippen molar-refractivity contribution < 1.29 is 19.1 Å². The van der Waals surface area contributed by atoms with Crippen LogP contribution in [0.5, 0.6) is 11.5 Å². The average Bonchev–Trinajstić information content (AvgIpc) is 2.96. The van der Waals surface area contributed by atoms with Crippen LogP contribution < -0.4 is 9.47 Å². The third-order valence-corrected chi connectivity index (χ3v) is 8.05. The van der Waals surface area contributed by atoms with Crippen LogP contribution in [0.4, 0.5) is 0 Å². The van der Waals surface area contributed by atoms with Crippen molar-refractivity contribution in [1.82, 2.24) is 4.90 Å². The molecule has 0 aromatic heterocycles. The topological polar surface area (TPSA) is 55.8 Å². The smallest absolute Gasteiger partial charge is 0.225 e. The molecular formula is C22H25NO4. The van der Waals surface area contributed by atoms with E-state index < -0.39 is 6.10 Å². The van der Waals surface area contributed by atoms with Gasteiger partial charge in [0.2, 0.25) is 5.91 Å². The van der Waals surface area contributed by atoms with Gasteiger partial charge < -0.3 is 14.4 Å². The molecule has 2 unspecified atom stereocenters. The molecule has 1 aromatic carbocycles. The molecule has 1 spiro atoms. The Morgan fingerprint density at radius 1 is 1.30 bits per heavy atom. The van der Waals surface area contributed by atoms with E-state index in [0.717, 1.165) is 50.1 Å². The van der Waals surface area contributed by atoms with E-state index in [9.17, 15) is 9.59 Å². The van der Waals surface area contributed by atoms with Crippen molar-refractivity contribution in [3.8, 4) is 11.5 Å². The second-order valence-corrected chi connectivity index (χ2v) is 8.96. The fourth-order valence-corrected chi connectivity index (χ4v) is 6.64. The van der Waals surface area contributed by atoms with Crippen LogP contribution in [0.1, 0.15) is 49.7 Å². The lowest BCUT2D eigenvalue weighted by Gasteiger charge is -2.58. The Kier molecular flexibility index (Phi) is 3.12. The normalized spacial score (nSPS) is 36.0. The molecule has 1 saturated heterocycles. The molecule has 0 radical (unpaired) electrons. The number of ketones is 1. The van der Waals surface area contributed by atoms with Crippen LogP contribution in [0, 0.1) is 11.8 Å². The number of likely N-dealkylation sites (tertiary alicyclic amines) is 1. The Morgan fingerprint density at radius 2 is 2.15 bits per heavy atom. The molecule has 5 nitrogen and oxygen atoms in total. The molecule has 2 heterocycles. The van der Waals surface area contributed by atoms with Gasteiger partial charge >= 0.3 is 0 Å². The first-order valence-electron chi connectivity index (χ1n) is 10.4. The van der Waals surface area contributed by atoms with Gasteiger partial charge in [-0.05, 0) is 49.7 Å². The molecule has 2 bridgehead atoms. The summed E-state index contributed by atoms with van der Waals surface area (Å²) in [6.07, 6.45) is 6.00. The summed E-state index contributed by atoms with van der Waals surface area (Å²) in [4.78, 5) is 28.2. The Hall–Kier alpha value is -2.04. The van der Waals surface area contributed by atoms with Crippen molar-refractivity contribution in [2.24, 2.45) is 11.8 Å². The first-order valence-corrected chi connectivity index (χ1v) is 10.4. The molecule has 1 amide bonds. The monoisotopic (exact) mass is 367 g/mol. The number of Topliss-reactive ketones (excluding diaryl/α,β-unsaturated/α-hetero) is 1. The summed E-state index contributed by atoms with van der Waals surface area (Å²) in [6.45, 7) is 0.750. The maximum atomic E-state index is 13.1. The van der Waals surface area contributed by atoms with Gasteiger partial charge in [-0.25, -0.2) is 0 Å². The molecule has 2 aliphatic heterocycles. The second-order valence-electron chi connectivity index (χ2n) is 8.96. The minimum Gasteiger partial charge on any atom is -0.493 e. The van der Waals surface area contributed by atoms with Gasteiger partial charge in [-0.3, -0.25) is 9.59 Å². The summed E-state index contributed by atoms with van der Waals surface area (Å²) < 4.78 is 11.9. The quantitative estimate of drug-likeness (QED) is 0.806. The maximum absolute atomic E-state index is 13.1. The zero-order valence-electron chi connectivity index (χ0n) is 15.7. The van der Waals surface area contributed by atoms with Gasteiger partial charge in [0, 0.05) is 30.5 Å². The number of methoxy groups -OCH3 is 1. The van der Waals surface area contributed by atoms with Crippen LogP contribution in [-0.2, 0) is 21.4 Å². The van der Waals surface area contributed by atoms with Crippen molar-refractivity contribution in [3.05, 3.63) is 23.3 Å². The van der Waals surface area contributed by atoms with Crippen LogP contribution >= 0.6 is 0 Å². The molecular weight excluding hydrogens is 342 g/mol. The van der Waals surface area contributed by atoms with Gasteiger partial charge in [0.1, 0.15) is 0 Å². The van der Waals surface area contributed by atoms with Gasteiger partial charge in [-0.1, -0.05) is 12.5 Å². The fraction of sp³-hybridized carbons (Fsp3) is 0.636. The lowest BCUT2D eigenvalue weighted by molar-refractivity contribution is -0.153. The number of hydrogen-bond acceptors (Lipinski definition) is 4. The Bertz CT molecular complexity index is 860. The number of piperidine rings is 1. The highest BCUT2D eigenvalue weighted by molar-refractivity contribution is 5.89. The van der Waals surface area contributed by atoms with Crippen LogP contribution in [0.15, 0.2) is 12.1 Å². The molecule has 5 heteroatoms. The average molecular weight is 367 g/mol. The highest BCUT2D eigenvalue weighted by atomic mass is 16.5. The Morgan fingerprint density at radius 3 is 2.89 bits per heavy atom. The summed E-state index contributed by atoms with van der Waals surface area (Å²) >= 11 is 0. The molecule has 0 N–H and O–H groups in total. The minimum absolute atomic E-state index is 0.206. The van der Waals surface area contributed by atoms with E-state index >= 15 is 0 Å². The number of ether oxygens (including phenoxy) is 2. The van der Waals surface area contributed by atoms with Crippen molar-refractivity contribution >= 4 is 11.7 Å². The molecule has 3 aliphatic carbocycles. The maximum Gasteiger partial charge on any atom is 0.225 e. The zero-order valence-corrected chi connectivity index (χ0v) is 15.7. The van der Waals surface area contributed by atoms with E-state index in [1.807, 2.05) is 6.07 Å². The van der Waals surface area contributed by atoms with Crippen LogP contribution in [0.25, 0.3) is 0 Å². The van der Waals surface area contributed by atoms with Crippen molar-refractivity contribution in [3.63, 3.8) is 0 Å². The lowest BCUT2D eigenvalue weighted by atomic mass is 9.51. The summed E-state index contributed by atoms with van der Waals surface area (Å²) in [5, 5.41) is 0. The van der Waals surface area contributed by atoms with E-state index in [0.29, 0.717) is 18.2 Å². The first kappa shape index (κ1) is 16.0. The van der Waals surface area contributed by atoms with Gasteiger partial charge in [0.25, 0.3) is 0 Å². The van der Waals surface area contributed by atoms with Crippen molar-refractivity contribution in [1.29, 1.82) is 0 Å². The third kappa shape index (κ3) is 1.81. The highest BCUT2D eigenvalue weighted by Crippen LogP contribution is 2.63. The van der Waals surface area contributed by atoms with Crippen molar-refractivity contribution in [2.75, 3.05) is 13.7 Å². The summed E-state index contributed by atoms with van der Waals surface area (Å²) in [7, 11) is 1.66. The van der Waals surface area contributed by atoms with Gasteiger partial charge in [0.15, 0.2) is 23.4 Å². The summed E-state index contributed by atoms with van der Waals surface area (Å²) in [6, 6.07) is 4.30. The Balaban J connectivity index is 1.50. The van der Waals surface area contributed by atoms with Gasteiger partial charge in [-0.2, -0.15) is 0 Å². The molecule has 1 aromatic rings. The lowest BCUT2D eigenvalue weighted by Crippen LogP contribution is -2.67. The Labute approximate surface area is 159 Å². The molecule has 4 atom stereocenters. The van der Waals surface area contributed by atoms with Gasteiger partial charge in [0.05, 0.1) is 12.5 Å². The molecule has 142 valence electrons. The largest absolute Gasteiger partial charge is 0.493 e. The van der Waals surface area contributed by atoms with Crippen LogP contribution in [0.3, 0.4) is 0 Å². The number of nitrogens with zero attached hydrogens (tertiary/aromatic N) is 1. The van der Waals surface area contributed by atoms with E-state index in [1.54, 1.807) is 7.11 Å². The first-order chi connectivity index (χ1) is 13.1. The number of hydrogen-bond donors (Lipinski definition) is 0. The van der Waals surface area contributed by atoms with Crippen LogP contribution in [0.2, 0.25) is 0 Å². The van der Waals surface area contributed by atoms with Gasteiger partial charge in [-0.15, -0.1) is 0 Å². The van der Waals surface area contributed by atoms with Crippen LogP contribution in [-0.4, -0.2) is 42.4 Å². The molecule has 3 fully saturated rings. The predicted octanol–water partition coefficient (Wildman–Crippen LogP) is 2.63. The summed E-state index contributed by atoms with van der Waals surface area (Å²) in [5.41, 5.74) is 2.21. The number of amides is 1. The zero-order chi connectivity index (χ0) is 18.3. The van der Waals surface area contributed by atoms with E-state index in [4.69, 9.17) is 9.47 Å². The van der Waals surface area contributed by atoms with E-state index in [2.05, 4.69) is 11.0 Å². The number of carbonyl (C=O) groups is 2. The third-order valence-electron chi connectivity index (χ3n) is 8.05. The van der Waals surface area contributed by atoms with E-state index in [1.165, 1.54) is 17.5 Å². The predicted molar refractivity (Wildman–Crippen MR) is 98.0 cm³/mol. The minimum atomic E-state index is -0.398. The number of benzene rings is 1. The van der Waals surface area contributed by atoms with Crippen molar-refractivity contribution in [2.45, 2.75) is 62.5 Å². The molecule has 5 aliphatic rings. The SMILES string of the molecule is COc1ccc2c3c1OC1C(=O)CC[C@@H]4C(C2)N(C(=O)C2CCC2)CC[C@@]314. The van der Waals surface area contributed by atoms with E-state index in [-0.39, 0.29) is 23.2 Å². The fourth-order valence-electron chi connectivity index (χ4n) is 6.64. The molecule has 2 saturated carbocycles. The molecule has 6 rings (SSSR count). The second kappa shape index (κ2) is 5.27. The molecule has 27 heavy (non-hydrogen) atoms.